The summed E-state index contributed by atoms with van der Waals surface area (Å²) in [7, 11) is -7.62. The summed E-state index contributed by atoms with van der Waals surface area (Å²) in [4.78, 5) is 0. The second kappa shape index (κ2) is 10.6. The van der Waals surface area contributed by atoms with Crippen LogP contribution < -0.4 is 15.3 Å². The van der Waals surface area contributed by atoms with Crippen LogP contribution >= 0.6 is 7.52 Å². The third-order valence-corrected chi connectivity index (χ3v) is 8.48. The molecule has 0 saturated heterocycles. The number of aliphatic hydroxyl groups excluding tert-OH is 1. The van der Waals surface area contributed by atoms with Gasteiger partial charge in [-0.1, -0.05) is 41.5 Å². The average Bonchev–Trinajstić information content (AvgIpc) is 3.01. The van der Waals surface area contributed by atoms with E-state index in [4.69, 9.17) is 4.52 Å². The molecule has 0 radical (unpaired) electrons. The van der Waals surface area contributed by atoms with Crippen LogP contribution in [-0.4, -0.2) is 53.6 Å². The molecule has 1 aliphatic rings. The molecule has 0 fully saturated rings. The van der Waals surface area contributed by atoms with Crippen molar-refractivity contribution < 1.29 is 32.8 Å². The van der Waals surface area contributed by atoms with Crippen molar-refractivity contribution >= 4 is 40.1 Å². The molecule has 5 N–H and O–H groups in total. The second-order valence-electron chi connectivity index (χ2n) is 11.7. The van der Waals surface area contributed by atoms with Crippen LogP contribution in [0.4, 0.5) is 11.4 Å². The predicted molar refractivity (Wildman–Crippen MR) is 150 cm³/mol. The standard InChI is InChI=1S/C25H39N4O7PS/c1-24(2,3)11-12-29-21(25(4,5)6)20(31)19(23(29)32)22-26-17-10-9-16(28-38(7,34)35)15-18(17)37(33,27-22)36-14-8-13-30/h9-10,15,28,30-32H,8,11-14H2,1-7H3,(H,26,27,33). The summed E-state index contributed by atoms with van der Waals surface area (Å²) in [6.07, 6.45) is 1.92. The number of aromatic nitrogens is 1. The van der Waals surface area contributed by atoms with Crippen molar-refractivity contribution in [3.63, 3.8) is 0 Å². The number of hydrogen-bond acceptors (Lipinski definition) is 8. The summed E-state index contributed by atoms with van der Waals surface area (Å²) in [6.45, 7) is 12.2. The Morgan fingerprint density at radius 1 is 1.16 bits per heavy atom. The Morgan fingerprint density at radius 2 is 1.82 bits per heavy atom. The molecule has 1 unspecified atom stereocenters. The van der Waals surface area contributed by atoms with Gasteiger partial charge in [-0.2, -0.15) is 4.76 Å². The van der Waals surface area contributed by atoms with Crippen molar-refractivity contribution in [2.45, 2.75) is 66.3 Å². The topological polar surface area (TPSA) is 162 Å². The first-order valence-corrected chi connectivity index (χ1v) is 15.8. The van der Waals surface area contributed by atoms with E-state index in [1.165, 1.54) is 18.2 Å². The maximum atomic E-state index is 14.1. The molecule has 3 rings (SSSR count). The summed E-state index contributed by atoms with van der Waals surface area (Å²) in [5.74, 6) is -0.441. The largest absolute Gasteiger partial charge is 0.505 e. The van der Waals surface area contributed by atoms with E-state index in [2.05, 4.69) is 35.6 Å². The molecule has 11 nitrogen and oxygen atoms in total. The molecule has 1 aromatic heterocycles. The van der Waals surface area contributed by atoms with E-state index >= 15 is 0 Å². The zero-order chi connectivity index (χ0) is 28.7. The zero-order valence-corrected chi connectivity index (χ0v) is 24.7. The maximum Gasteiger partial charge on any atom is 0.348 e. The predicted octanol–water partition coefficient (Wildman–Crippen LogP) is 4.09. The number of fused-ring (bicyclic) bond motifs is 1. The lowest BCUT2D eigenvalue weighted by Gasteiger charge is -2.25. The number of sulfonamides is 1. The van der Waals surface area contributed by atoms with Gasteiger partial charge in [-0.3, -0.25) is 9.29 Å². The summed E-state index contributed by atoms with van der Waals surface area (Å²) in [5.41, 5.74) is 0.423. The molecule has 0 saturated carbocycles. The Morgan fingerprint density at radius 3 is 2.37 bits per heavy atom. The highest BCUT2D eigenvalue weighted by molar-refractivity contribution is 7.92. The number of amidine groups is 1. The minimum absolute atomic E-state index is 0.00111. The Hall–Kier alpha value is -2.53. The third-order valence-electron chi connectivity index (χ3n) is 5.90. The van der Waals surface area contributed by atoms with Crippen LogP contribution in [0.1, 0.15) is 65.6 Å². The van der Waals surface area contributed by atoms with Crippen molar-refractivity contribution in [3.05, 3.63) is 29.5 Å². The number of benzene rings is 1. The molecule has 1 aromatic carbocycles. The molecular weight excluding hydrogens is 531 g/mol. The van der Waals surface area contributed by atoms with Crippen LogP contribution in [0.25, 0.3) is 0 Å². The molecule has 1 aliphatic heterocycles. The molecule has 1 atom stereocenters. The van der Waals surface area contributed by atoms with Gasteiger partial charge >= 0.3 is 7.52 Å². The van der Waals surface area contributed by atoms with Crippen LogP contribution in [0, 0.1) is 5.41 Å². The van der Waals surface area contributed by atoms with Crippen LogP contribution in [-0.2, 0) is 31.1 Å². The number of hydrogen-bond donors (Lipinski definition) is 5. The van der Waals surface area contributed by atoms with Gasteiger partial charge in [-0.25, -0.2) is 8.42 Å². The van der Waals surface area contributed by atoms with Gasteiger partial charge in [0.1, 0.15) is 5.56 Å². The number of nitrogens with one attached hydrogen (secondary N) is 2. The molecule has 0 amide bonds. The Labute approximate surface area is 224 Å². The van der Waals surface area contributed by atoms with E-state index in [9.17, 15) is 28.3 Å². The van der Waals surface area contributed by atoms with Crippen molar-refractivity contribution in [1.82, 2.24) is 4.57 Å². The molecule has 0 aliphatic carbocycles. The molecule has 13 heteroatoms. The fourth-order valence-electron chi connectivity index (χ4n) is 4.19. The number of anilines is 2. The number of aliphatic hydroxyl groups is 1. The molecule has 38 heavy (non-hydrogen) atoms. The highest BCUT2D eigenvalue weighted by Crippen LogP contribution is 2.54. The fraction of sp³-hybridized carbons (Fsp3) is 0.560. The first-order valence-electron chi connectivity index (χ1n) is 12.4. The lowest BCUT2D eigenvalue weighted by Crippen LogP contribution is -2.26. The monoisotopic (exact) mass is 570 g/mol. The van der Waals surface area contributed by atoms with Gasteiger partial charge in [-0.15, -0.1) is 0 Å². The van der Waals surface area contributed by atoms with Gasteiger partial charge < -0.3 is 29.7 Å². The number of rotatable bonds is 9. The number of nitrogens with zero attached hydrogens (tertiary/aromatic N) is 2. The lowest BCUT2D eigenvalue weighted by atomic mass is 9.89. The highest BCUT2D eigenvalue weighted by atomic mass is 32.2. The first kappa shape index (κ1) is 30.0. The second-order valence-corrected chi connectivity index (χ2v) is 15.4. The SMILES string of the molecule is CC(C)(C)CCn1c(O)c(C2=NP(=O)(OCCCO)c3cc(NS(C)(=O)=O)ccc3N2)c(O)c1C(C)(C)C. The minimum atomic E-state index is -4.03. The summed E-state index contributed by atoms with van der Waals surface area (Å²) >= 11 is 0. The van der Waals surface area contributed by atoms with Crippen LogP contribution in [0.3, 0.4) is 0 Å². The van der Waals surface area contributed by atoms with E-state index < -0.39 is 23.0 Å². The Kier molecular flexibility index (Phi) is 8.34. The van der Waals surface area contributed by atoms with E-state index in [-0.39, 0.29) is 59.1 Å². The van der Waals surface area contributed by atoms with Gasteiger partial charge in [0.05, 0.1) is 29.5 Å². The van der Waals surface area contributed by atoms with E-state index in [1.807, 2.05) is 20.8 Å². The van der Waals surface area contributed by atoms with Crippen molar-refractivity contribution in [3.8, 4) is 11.6 Å². The van der Waals surface area contributed by atoms with E-state index in [0.717, 1.165) is 12.7 Å². The highest BCUT2D eigenvalue weighted by Gasteiger charge is 2.39. The zero-order valence-electron chi connectivity index (χ0n) is 23.0. The Bertz CT molecular complexity index is 1390. The summed E-state index contributed by atoms with van der Waals surface area (Å²) < 4.78 is 51.6. The third kappa shape index (κ3) is 6.72. The first-order chi connectivity index (χ1) is 17.4. The van der Waals surface area contributed by atoms with Crippen molar-refractivity contribution in [1.29, 1.82) is 0 Å². The van der Waals surface area contributed by atoms with Gasteiger partial charge in [-0.05, 0) is 36.5 Å². The molecule has 0 bridgehead atoms. The molecule has 2 aromatic rings. The van der Waals surface area contributed by atoms with Crippen LogP contribution in [0.15, 0.2) is 23.0 Å². The average molecular weight is 571 g/mol. The van der Waals surface area contributed by atoms with E-state index in [0.29, 0.717) is 17.9 Å². The molecule has 212 valence electrons. The van der Waals surface area contributed by atoms with Crippen LogP contribution in [0.2, 0.25) is 0 Å². The van der Waals surface area contributed by atoms with E-state index in [1.54, 1.807) is 4.57 Å². The normalized spacial score (nSPS) is 18.1. The van der Waals surface area contributed by atoms with Gasteiger partial charge in [0.15, 0.2) is 11.6 Å². The maximum absolute atomic E-state index is 14.1. The molecule has 2 heterocycles. The minimum Gasteiger partial charge on any atom is -0.505 e. The van der Waals surface area contributed by atoms with Crippen LogP contribution in [0.5, 0.6) is 11.6 Å². The summed E-state index contributed by atoms with van der Waals surface area (Å²) in [5, 5.41) is 35.1. The van der Waals surface area contributed by atoms with Gasteiger partial charge in [0.25, 0.3) is 0 Å². The molecule has 0 spiro atoms. The van der Waals surface area contributed by atoms with Gasteiger partial charge in [0, 0.05) is 24.3 Å². The lowest BCUT2D eigenvalue weighted by molar-refractivity contribution is 0.237. The smallest absolute Gasteiger partial charge is 0.348 e. The quantitative estimate of drug-likeness (QED) is 0.222. The fourth-order valence-corrected chi connectivity index (χ4v) is 6.57. The van der Waals surface area contributed by atoms with Gasteiger partial charge in [0.2, 0.25) is 15.9 Å². The van der Waals surface area contributed by atoms with Crippen molar-refractivity contribution in [2.75, 3.05) is 29.5 Å². The number of aromatic hydroxyl groups is 2. The molecular formula is C25H39N4O7PS. The summed E-state index contributed by atoms with van der Waals surface area (Å²) in [6, 6.07) is 4.38. The van der Waals surface area contributed by atoms with Crippen molar-refractivity contribution in [2.24, 2.45) is 10.2 Å². The Balaban J connectivity index is 2.19.